The van der Waals surface area contributed by atoms with Gasteiger partial charge in [-0.15, -0.1) is 5.92 Å². The van der Waals surface area contributed by atoms with E-state index in [4.69, 9.17) is 4.74 Å². The van der Waals surface area contributed by atoms with E-state index in [-0.39, 0.29) is 25.3 Å². The van der Waals surface area contributed by atoms with Gasteiger partial charge in [0.15, 0.2) is 6.61 Å². The second-order valence-electron chi connectivity index (χ2n) is 7.33. The van der Waals surface area contributed by atoms with Crippen molar-refractivity contribution in [2.45, 2.75) is 25.8 Å². The Balaban J connectivity index is 1.66. The molecule has 174 valence electrons. The molecule has 2 amide bonds. The maximum Gasteiger partial charge on any atom is 0.412 e. The van der Waals surface area contributed by atoms with Gasteiger partial charge in [0.25, 0.3) is 5.91 Å². The first-order valence-corrected chi connectivity index (χ1v) is 11.9. The van der Waals surface area contributed by atoms with Gasteiger partial charge in [0, 0.05) is 12.2 Å². The largest absolute Gasteiger partial charge is 0.436 e. The Bertz CT molecular complexity index is 1170. The summed E-state index contributed by atoms with van der Waals surface area (Å²) < 4.78 is 32.3. The van der Waals surface area contributed by atoms with Gasteiger partial charge in [-0.2, -0.15) is 4.31 Å². The molecule has 0 radical (unpaired) electrons. The van der Waals surface area contributed by atoms with Crippen molar-refractivity contribution in [1.82, 2.24) is 9.79 Å². The van der Waals surface area contributed by atoms with Crippen LogP contribution in [0.2, 0.25) is 0 Å². The Labute approximate surface area is 192 Å². The van der Waals surface area contributed by atoms with Crippen molar-refractivity contribution in [2.75, 3.05) is 24.2 Å². The SMILES string of the molecule is CC#CCOC(=O)Nc1ccc(CCS(=O)(=O)N2CCc3ccccc3[C@@H]2C(=O)NO)cc1. The first-order valence-electron chi connectivity index (χ1n) is 10.3. The van der Waals surface area contributed by atoms with Crippen LogP contribution in [0.4, 0.5) is 10.5 Å². The zero-order valence-electron chi connectivity index (χ0n) is 18.1. The predicted molar refractivity (Wildman–Crippen MR) is 122 cm³/mol. The molecular formula is C23H25N3O6S. The molecule has 2 aromatic rings. The van der Waals surface area contributed by atoms with Gasteiger partial charge in [0.2, 0.25) is 10.0 Å². The lowest BCUT2D eigenvalue weighted by Gasteiger charge is -2.34. The molecule has 0 aromatic heterocycles. The van der Waals surface area contributed by atoms with Gasteiger partial charge in [-0.1, -0.05) is 42.3 Å². The van der Waals surface area contributed by atoms with E-state index in [9.17, 15) is 23.2 Å². The Morgan fingerprint density at radius 2 is 1.91 bits per heavy atom. The highest BCUT2D eigenvalue weighted by atomic mass is 32.2. The van der Waals surface area contributed by atoms with Gasteiger partial charge in [-0.05, 0) is 48.6 Å². The van der Waals surface area contributed by atoms with Crippen molar-refractivity contribution >= 4 is 27.7 Å². The smallest absolute Gasteiger partial charge is 0.412 e. The maximum absolute atomic E-state index is 13.1. The van der Waals surface area contributed by atoms with Crippen LogP contribution >= 0.6 is 0 Å². The molecule has 0 spiro atoms. The van der Waals surface area contributed by atoms with Crippen LogP contribution in [-0.4, -0.2) is 48.8 Å². The van der Waals surface area contributed by atoms with E-state index < -0.39 is 28.1 Å². The van der Waals surface area contributed by atoms with Crippen molar-refractivity contribution in [3.05, 3.63) is 65.2 Å². The van der Waals surface area contributed by atoms with E-state index in [1.54, 1.807) is 48.8 Å². The van der Waals surface area contributed by atoms with Gasteiger partial charge < -0.3 is 4.74 Å². The maximum atomic E-state index is 13.1. The standard InChI is InChI=1S/C23H25N3O6S/c1-2-3-15-32-23(28)24-19-10-8-17(9-11-19)13-16-33(30,31)26-14-12-18-6-4-5-7-20(18)21(26)22(27)25-29/h4-11,21,29H,12-16H2,1H3,(H,24,28)(H,25,27)/t21-/m1/s1. The van der Waals surface area contributed by atoms with Crippen LogP contribution in [0.25, 0.3) is 0 Å². The molecule has 1 aliphatic rings. The molecule has 1 aliphatic heterocycles. The molecule has 0 saturated carbocycles. The van der Waals surface area contributed by atoms with Crippen molar-refractivity contribution in [3.63, 3.8) is 0 Å². The molecule has 1 heterocycles. The highest BCUT2D eigenvalue weighted by Crippen LogP contribution is 2.32. The molecule has 0 fully saturated rings. The number of fused-ring (bicyclic) bond motifs is 1. The lowest BCUT2D eigenvalue weighted by molar-refractivity contribution is -0.133. The first kappa shape index (κ1) is 24.3. The summed E-state index contributed by atoms with van der Waals surface area (Å²) in [7, 11) is -3.81. The van der Waals surface area contributed by atoms with Crippen LogP contribution in [0.1, 0.15) is 29.7 Å². The van der Waals surface area contributed by atoms with Gasteiger partial charge in [-0.3, -0.25) is 15.3 Å². The fourth-order valence-electron chi connectivity index (χ4n) is 3.62. The van der Waals surface area contributed by atoms with Crippen LogP contribution in [0.15, 0.2) is 48.5 Å². The van der Waals surface area contributed by atoms with Crippen LogP contribution < -0.4 is 10.8 Å². The summed E-state index contributed by atoms with van der Waals surface area (Å²) in [5.41, 5.74) is 4.28. The normalized spacial score (nSPS) is 15.5. The Hall–Kier alpha value is -3.39. The summed E-state index contributed by atoms with van der Waals surface area (Å²) in [6, 6.07) is 12.7. The molecule has 0 bridgehead atoms. The summed E-state index contributed by atoms with van der Waals surface area (Å²) >= 11 is 0. The van der Waals surface area contributed by atoms with Crippen LogP contribution in [0.5, 0.6) is 0 Å². The highest BCUT2D eigenvalue weighted by Gasteiger charge is 2.39. The number of anilines is 1. The summed E-state index contributed by atoms with van der Waals surface area (Å²) in [6.45, 7) is 1.78. The summed E-state index contributed by atoms with van der Waals surface area (Å²) in [6.07, 6.45) is 0.0574. The van der Waals surface area contributed by atoms with E-state index in [1.807, 2.05) is 12.1 Å². The molecule has 1 atom stereocenters. The fraction of sp³-hybridized carbons (Fsp3) is 0.304. The number of rotatable bonds is 7. The number of sulfonamides is 1. The van der Waals surface area contributed by atoms with Crippen LogP contribution in [0.3, 0.4) is 0 Å². The minimum Gasteiger partial charge on any atom is -0.436 e. The minimum absolute atomic E-state index is 0.00541. The van der Waals surface area contributed by atoms with E-state index >= 15 is 0 Å². The molecule has 2 aromatic carbocycles. The predicted octanol–water partition coefficient (Wildman–Crippen LogP) is 2.24. The van der Waals surface area contributed by atoms with Crippen molar-refractivity contribution in [3.8, 4) is 11.8 Å². The molecule has 0 saturated heterocycles. The Kier molecular flexibility index (Phi) is 8.06. The number of nitrogens with zero attached hydrogens (tertiary/aromatic N) is 1. The molecule has 3 N–H and O–H groups in total. The number of hydrogen-bond acceptors (Lipinski definition) is 6. The molecule has 0 aliphatic carbocycles. The monoisotopic (exact) mass is 471 g/mol. The summed E-state index contributed by atoms with van der Waals surface area (Å²) in [5.74, 6) is 4.23. The van der Waals surface area contributed by atoms with Gasteiger partial charge in [0.05, 0.1) is 5.75 Å². The van der Waals surface area contributed by atoms with Crippen LogP contribution in [-0.2, 0) is 32.4 Å². The van der Waals surface area contributed by atoms with Crippen LogP contribution in [0, 0.1) is 11.8 Å². The second kappa shape index (κ2) is 11.0. The number of hydrogen-bond donors (Lipinski definition) is 3. The van der Waals surface area contributed by atoms with Crippen molar-refractivity contribution in [2.24, 2.45) is 0 Å². The molecule has 33 heavy (non-hydrogen) atoms. The highest BCUT2D eigenvalue weighted by molar-refractivity contribution is 7.89. The molecule has 3 rings (SSSR count). The van der Waals surface area contributed by atoms with E-state index in [0.29, 0.717) is 17.7 Å². The van der Waals surface area contributed by atoms with Crippen molar-refractivity contribution < 1.29 is 28.0 Å². The lowest BCUT2D eigenvalue weighted by Crippen LogP contribution is -2.47. The lowest BCUT2D eigenvalue weighted by atomic mass is 9.94. The second-order valence-corrected chi connectivity index (χ2v) is 9.37. The van der Waals surface area contributed by atoms with E-state index in [1.165, 1.54) is 0 Å². The first-order chi connectivity index (χ1) is 15.9. The number of carbonyl (C=O) groups is 2. The third-order valence-electron chi connectivity index (χ3n) is 5.26. The van der Waals surface area contributed by atoms with E-state index in [0.717, 1.165) is 15.4 Å². The third-order valence-corrected chi connectivity index (χ3v) is 7.08. The topological polar surface area (TPSA) is 125 Å². The zero-order chi connectivity index (χ0) is 23.8. The number of aryl methyl sites for hydroxylation is 1. The average Bonchev–Trinajstić information content (AvgIpc) is 2.82. The number of amides is 2. The molecule has 9 nitrogen and oxygen atoms in total. The average molecular weight is 472 g/mol. The third kappa shape index (κ3) is 6.10. The Morgan fingerprint density at radius 1 is 1.18 bits per heavy atom. The molecule has 0 unspecified atom stereocenters. The Morgan fingerprint density at radius 3 is 2.61 bits per heavy atom. The van der Waals surface area contributed by atoms with Crippen molar-refractivity contribution in [1.29, 1.82) is 0 Å². The van der Waals surface area contributed by atoms with E-state index in [2.05, 4.69) is 17.2 Å². The fourth-order valence-corrected chi connectivity index (χ4v) is 5.25. The molecular weight excluding hydrogens is 446 g/mol. The number of carbonyl (C=O) groups excluding carboxylic acids is 2. The number of ether oxygens (including phenoxy) is 1. The van der Waals surface area contributed by atoms with Gasteiger partial charge in [-0.25, -0.2) is 18.7 Å². The quantitative estimate of drug-likeness (QED) is 0.323. The molecule has 10 heteroatoms. The van der Waals surface area contributed by atoms with Gasteiger partial charge in [0.1, 0.15) is 6.04 Å². The number of nitrogens with one attached hydrogen (secondary N) is 2. The minimum atomic E-state index is -3.81. The zero-order valence-corrected chi connectivity index (χ0v) is 18.9. The number of benzene rings is 2. The summed E-state index contributed by atoms with van der Waals surface area (Å²) in [5, 5.41) is 11.7. The van der Waals surface area contributed by atoms with Gasteiger partial charge >= 0.3 is 6.09 Å². The summed E-state index contributed by atoms with van der Waals surface area (Å²) in [4.78, 5) is 24.0. The number of hydroxylamine groups is 1.